The molecule has 0 radical (unpaired) electrons. The van der Waals surface area contributed by atoms with Crippen molar-refractivity contribution in [2.45, 2.75) is 13.5 Å². The first kappa shape index (κ1) is 19.9. The normalized spacial score (nSPS) is 14.7. The summed E-state index contributed by atoms with van der Waals surface area (Å²) >= 11 is 1.74. The maximum absolute atomic E-state index is 5.11. The van der Waals surface area contributed by atoms with E-state index in [2.05, 4.69) is 106 Å². The number of piperazine rings is 1. The molecule has 0 unspecified atom stereocenters. The summed E-state index contributed by atoms with van der Waals surface area (Å²) in [5.74, 6) is 1.01. The molecule has 0 amide bonds. The van der Waals surface area contributed by atoms with Gasteiger partial charge in [0.1, 0.15) is 17.2 Å². The molecule has 2 heterocycles. The van der Waals surface area contributed by atoms with Gasteiger partial charge in [-0.2, -0.15) is 0 Å². The first-order valence-corrected chi connectivity index (χ1v) is 11.6. The van der Waals surface area contributed by atoms with Crippen molar-refractivity contribution in [1.29, 1.82) is 0 Å². The predicted octanol–water partition coefficient (Wildman–Crippen LogP) is 4.72. The summed E-state index contributed by atoms with van der Waals surface area (Å²) in [6.07, 6.45) is 0. The van der Waals surface area contributed by atoms with Crippen molar-refractivity contribution in [2.24, 2.45) is 0 Å². The molecule has 0 N–H and O–H groups in total. The molecule has 0 saturated carbocycles. The van der Waals surface area contributed by atoms with E-state index in [1.165, 1.54) is 11.1 Å². The zero-order chi connectivity index (χ0) is 21.0. The van der Waals surface area contributed by atoms with Crippen molar-refractivity contribution in [3.05, 3.63) is 96.1 Å². The van der Waals surface area contributed by atoms with Gasteiger partial charge in [0.15, 0.2) is 0 Å². The van der Waals surface area contributed by atoms with Crippen LogP contribution in [0.15, 0.2) is 84.9 Å². The third kappa shape index (κ3) is 4.53. The smallest absolute Gasteiger partial charge is 0.322 e. The van der Waals surface area contributed by atoms with Gasteiger partial charge in [-0.25, -0.2) is 0 Å². The van der Waals surface area contributed by atoms with Gasteiger partial charge < -0.3 is 4.90 Å². The number of benzene rings is 3. The predicted molar refractivity (Wildman–Crippen MR) is 128 cm³/mol. The Labute approximate surface area is 188 Å². The van der Waals surface area contributed by atoms with E-state index in [4.69, 9.17) is 4.98 Å². The molecular formula is C26H27N4S+. The average Bonchev–Trinajstić information content (AvgIpc) is 3.27. The molecule has 1 fully saturated rings. The van der Waals surface area contributed by atoms with E-state index < -0.39 is 0 Å². The molecule has 1 saturated heterocycles. The second kappa shape index (κ2) is 9.00. The van der Waals surface area contributed by atoms with Crippen LogP contribution in [-0.2, 0) is 6.54 Å². The maximum Gasteiger partial charge on any atom is 0.350 e. The van der Waals surface area contributed by atoms with E-state index in [0.29, 0.717) is 0 Å². The number of para-hydroxylation sites is 1. The Morgan fingerprint density at radius 1 is 0.806 bits per heavy atom. The van der Waals surface area contributed by atoms with Gasteiger partial charge >= 0.3 is 11.0 Å². The second-order valence-corrected chi connectivity index (χ2v) is 8.97. The Morgan fingerprint density at radius 2 is 1.45 bits per heavy atom. The Hall–Kier alpha value is -3.02. The number of hydrogen-bond donors (Lipinski definition) is 0. The topological polar surface area (TPSA) is 23.3 Å². The molecule has 1 aliphatic heterocycles. The van der Waals surface area contributed by atoms with E-state index >= 15 is 0 Å². The highest BCUT2D eigenvalue weighted by atomic mass is 32.1. The van der Waals surface area contributed by atoms with Crippen molar-refractivity contribution in [3.63, 3.8) is 0 Å². The number of rotatable bonds is 5. The molecule has 4 aromatic rings. The van der Waals surface area contributed by atoms with Crippen LogP contribution >= 0.6 is 11.5 Å². The van der Waals surface area contributed by atoms with Crippen molar-refractivity contribution in [3.8, 4) is 17.1 Å². The fourth-order valence-electron chi connectivity index (χ4n) is 3.97. The number of anilines is 1. The third-order valence-electron chi connectivity index (χ3n) is 5.76. The Bertz CT molecular complexity index is 1120. The Balaban J connectivity index is 1.38. The molecule has 0 spiro atoms. The lowest BCUT2D eigenvalue weighted by atomic mass is 10.1. The summed E-state index contributed by atoms with van der Waals surface area (Å²) in [7, 11) is 0. The quantitative estimate of drug-likeness (QED) is 0.431. The first-order chi connectivity index (χ1) is 15.3. The molecule has 31 heavy (non-hydrogen) atoms. The number of aryl methyl sites for hydroxylation is 1. The standard InChI is InChI=1S/C26H27N4S/c1-21-12-14-23(15-13-21)25-27-26(31-30(25)24-10-6-3-7-11-24)29-18-16-28(17-19-29)20-22-8-4-2-5-9-22/h2-15H,16-20H2,1H3/q+1. The zero-order valence-electron chi connectivity index (χ0n) is 17.8. The molecule has 5 rings (SSSR count). The molecule has 156 valence electrons. The zero-order valence-corrected chi connectivity index (χ0v) is 18.6. The summed E-state index contributed by atoms with van der Waals surface area (Å²) in [5, 5.41) is 1.10. The lowest BCUT2D eigenvalue weighted by molar-refractivity contribution is -0.509. The van der Waals surface area contributed by atoms with Crippen LogP contribution in [0.25, 0.3) is 17.1 Å². The van der Waals surface area contributed by atoms with Crippen LogP contribution in [0.3, 0.4) is 0 Å². The summed E-state index contributed by atoms with van der Waals surface area (Å²) in [6.45, 7) is 7.26. The minimum Gasteiger partial charge on any atom is -0.322 e. The van der Waals surface area contributed by atoms with Gasteiger partial charge in [-0.3, -0.25) is 4.90 Å². The Morgan fingerprint density at radius 3 is 2.13 bits per heavy atom. The minimum absolute atomic E-state index is 1.00. The molecule has 4 nitrogen and oxygen atoms in total. The van der Waals surface area contributed by atoms with E-state index in [1.54, 1.807) is 11.5 Å². The van der Waals surface area contributed by atoms with Crippen molar-refractivity contribution < 1.29 is 3.96 Å². The fraction of sp³-hybridized carbons (Fsp3) is 0.231. The largest absolute Gasteiger partial charge is 0.350 e. The summed E-state index contributed by atoms with van der Waals surface area (Å²) in [6, 6.07) is 29.9. The summed E-state index contributed by atoms with van der Waals surface area (Å²) < 4.78 is 2.26. The highest BCUT2D eigenvalue weighted by Crippen LogP contribution is 2.26. The van der Waals surface area contributed by atoms with Gasteiger partial charge in [0.25, 0.3) is 0 Å². The lowest BCUT2D eigenvalue weighted by Gasteiger charge is -2.33. The minimum atomic E-state index is 1.00. The molecule has 0 atom stereocenters. The van der Waals surface area contributed by atoms with Crippen LogP contribution < -0.4 is 8.86 Å². The molecule has 0 aliphatic carbocycles. The monoisotopic (exact) mass is 427 g/mol. The number of aromatic nitrogens is 2. The third-order valence-corrected chi connectivity index (χ3v) is 6.84. The highest BCUT2D eigenvalue weighted by molar-refractivity contribution is 7.06. The fourth-order valence-corrected chi connectivity index (χ4v) is 5.02. The summed E-state index contributed by atoms with van der Waals surface area (Å²) in [4.78, 5) is 10.1. The molecular weight excluding hydrogens is 400 g/mol. The number of hydrogen-bond acceptors (Lipinski definition) is 4. The first-order valence-electron chi connectivity index (χ1n) is 10.8. The van der Waals surface area contributed by atoms with Crippen molar-refractivity contribution in [2.75, 3.05) is 31.1 Å². The van der Waals surface area contributed by atoms with Gasteiger partial charge in [-0.1, -0.05) is 66.2 Å². The highest BCUT2D eigenvalue weighted by Gasteiger charge is 2.29. The molecule has 1 aromatic heterocycles. The van der Waals surface area contributed by atoms with Gasteiger partial charge in [-0.05, 0) is 41.7 Å². The van der Waals surface area contributed by atoms with Crippen molar-refractivity contribution in [1.82, 2.24) is 9.88 Å². The lowest BCUT2D eigenvalue weighted by Crippen LogP contribution is -2.46. The summed E-state index contributed by atoms with van der Waals surface area (Å²) in [5.41, 5.74) is 4.96. The Kier molecular flexibility index (Phi) is 5.78. The van der Waals surface area contributed by atoms with E-state index in [-0.39, 0.29) is 0 Å². The van der Waals surface area contributed by atoms with Crippen LogP contribution in [0.4, 0.5) is 5.13 Å². The SMILES string of the molecule is Cc1ccc(-c2nc(N3CCN(Cc4ccccc4)CC3)s[n+]2-c2ccccc2)cc1. The maximum atomic E-state index is 5.11. The van der Waals surface area contributed by atoms with Crippen LogP contribution in [0.1, 0.15) is 11.1 Å². The van der Waals surface area contributed by atoms with E-state index in [9.17, 15) is 0 Å². The van der Waals surface area contributed by atoms with Crippen LogP contribution in [0.5, 0.6) is 0 Å². The van der Waals surface area contributed by atoms with Crippen molar-refractivity contribution >= 4 is 16.7 Å². The van der Waals surface area contributed by atoms with E-state index in [1.807, 2.05) is 0 Å². The number of nitrogens with zero attached hydrogens (tertiary/aromatic N) is 4. The van der Waals surface area contributed by atoms with Crippen LogP contribution in [0.2, 0.25) is 0 Å². The van der Waals surface area contributed by atoms with E-state index in [0.717, 1.165) is 54.9 Å². The van der Waals surface area contributed by atoms with Gasteiger partial charge in [0.2, 0.25) is 0 Å². The van der Waals surface area contributed by atoms with Crippen LogP contribution in [-0.4, -0.2) is 36.1 Å². The molecule has 0 bridgehead atoms. The van der Waals surface area contributed by atoms with Gasteiger partial charge in [0, 0.05) is 32.7 Å². The van der Waals surface area contributed by atoms with Gasteiger partial charge in [0.05, 0.1) is 5.56 Å². The molecule has 1 aliphatic rings. The molecule has 5 heteroatoms. The average molecular weight is 428 g/mol. The second-order valence-electron chi connectivity index (χ2n) is 8.05. The van der Waals surface area contributed by atoms with Crippen LogP contribution in [0, 0.1) is 6.92 Å². The molecule has 3 aromatic carbocycles. The van der Waals surface area contributed by atoms with Gasteiger partial charge in [-0.15, -0.1) is 3.96 Å².